The highest BCUT2D eigenvalue weighted by atomic mass is 16.5. The van der Waals surface area contributed by atoms with Gasteiger partial charge >= 0.3 is 5.97 Å². The Morgan fingerprint density at radius 1 is 1.64 bits per heavy atom. The van der Waals surface area contributed by atoms with Crippen molar-refractivity contribution in [2.75, 3.05) is 6.61 Å². The van der Waals surface area contributed by atoms with Gasteiger partial charge in [0.1, 0.15) is 0 Å². The molecular weight excluding hydrogens is 184 g/mol. The molecule has 1 N–H and O–H groups in total. The summed E-state index contributed by atoms with van der Waals surface area (Å²) in [5.41, 5.74) is 0.563. The monoisotopic (exact) mass is 196 g/mol. The van der Waals surface area contributed by atoms with Gasteiger partial charge in [0.15, 0.2) is 0 Å². The van der Waals surface area contributed by atoms with Crippen molar-refractivity contribution in [2.24, 2.45) is 0 Å². The summed E-state index contributed by atoms with van der Waals surface area (Å²) in [5.74, 6) is -0.420. The average Bonchev–Trinajstić information content (AvgIpc) is 2.19. The lowest BCUT2D eigenvalue weighted by Crippen LogP contribution is -2.10. The molecule has 1 rings (SSSR count). The largest absolute Gasteiger partial charge is 0.466 e. The molecule has 5 heteroatoms. The Labute approximate surface area is 81.7 Å². The van der Waals surface area contributed by atoms with Crippen molar-refractivity contribution in [1.82, 2.24) is 10.2 Å². The summed E-state index contributed by atoms with van der Waals surface area (Å²) in [5, 5.41) is 16.7. The van der Waals surface area contributed by atoms with Crippen LogP contribution in [0.1, 0.15) is 25.0 Å². The van der Waals surface area contributed by atoms with Crippen molar-refractivity contribution < 1.29 is 14.6 Å². The first-order valence-corrected chi connectivity index (χ1v) is 4.34. The molecule has 0 spiro atoms. The molecule has 0 saturated carbocycles. The average molecular weight is 196 g/mol. The topological polar surface area (TPSA) is 72.3 Å². The SMILES string of the molecule is CCOC(=O)CC(O)c1ccnnc1. The molecule has 0 fully saturated rings. The lowest BCUT2D eigenvalue weighted by Gasteiger charge is -2.08. The van der Waals surface area contributed by atoms with E-state index in [4.69, 9.17) is 4.74 Å². The number of hydrogen-bond donors (Lipinski definition) is 1. The zero-order valence-corrected chi connectivity index (χ0v) is 7.88. The molecule has 0 radical (unpaired) electrons. The lowest BCUT2D eigenvalue weighted by atomic mass is 10.1. The van der Waals surface area contributed by atoms with E-state index in [9.17, 15) is 9.90 Å². The molecule has 1 aromatic rings. The fraction of sp³-hybridized carbons (Fsp3) is 0.444. The summed E-state index contributed by atoms with van der Waals surface area (Å²) < 4.78 is 4.70. The molecule has 0 saturated heterocycles. The molecule has 1 unspecified atom stereocenters. The second kappa shape index (κ2) is 5.29. The molecule has 0 bridgehead atoms. The molecule has 0 aliphatic heterocycles. The van der Waals surface area contributed by atoms with Gasteiger partial charge in [0.05, 0.1) is 25.3 Å². The summed E-state index contributed by atoms with van der Waals surface area (Å²) in [7, 11) is 0. The van der Waals surface area contributed by atoms with E-state index in [0.717, 1.165) is 0 Å². The first-order valence-electron chi connectivity index (χ1n) is 4.34. The van der Waals surface area contributed by atoms with Crippen molar-refractivity contribution in [3.63, 3.8) is 0 Å². The summed E-state index contributed by atoms with van der Waals surface area (Å²) in [6, 6.07) is 1.61. The molecule has 1 aromatic heterocycles. The maximum absolute atomic E-state index is 11.0. The van der Waals surface area contributed by atoms with Gasteiger partial charge in [0.25, 0.3) is 0 Å². The van der Waals surface area contributed by atoms with Crippen LogP contribution in [0.25, 0.3) is 0 Å². The molecular formula is C9H12N2O3. The van der Waals surface area contributed by atoms with Crippen LogP contribution in [-0.2, 0) is 9.53 Å². The first kappa shape index (κ1) is 10.6. The summed E-state index contributed by atoms with van der Waals surface area (Å²) >= 11 is 0. The number of esters is 1. The van der Waals surface area contributed by atoms with E-state index in [1.165, 1.54) is 12.4 Å². The van der Waals surface area contributed by atoms with Gasteiger partial charge in [-0.1, -0.05) is 0 Å². The van der Waals surface area contributed by atoms with Crippen LogP contribution in [0.3, 0.4) is 0 Å². The number of carbonyl (C=O) groups excluding carboxylic acids is 1. The molecule has 0 aliphatic carbocycles. The Kier molecular flexibility index (Phi) is 4.00. The molecule has 1 atom stereocenters. The highest BCUT2D eigenvalue weighted by molar-refractivity contribution is 5.70. The highest BCUT2D eigenvalue weighted by Gasteiger charge is 2.13. The van der Waals surface area contributed by atoms with Crippen LogP contribution in [0.15, 0.2) is 18.5 Å². The molecule has 76 valence electrons. The van der Waals surface area contributed by atoms with Crippen molar-refractivity contribution in [3.8, 4) is 0 Å². The van der Waals surface area contributed by atoms with Crippen LogP contribution in [0.5, 0.6) is 0 Å². The van der Waals surface area contributed by atoms with Crippen LogP contribution in [0.4, 0.5) is 0 Å². The maximum atomic E-state index is 11.0. The fourth-order valence-corrected chi connectivity index (χ4v) is 0.994. The van der Waals surface area contributed by atoms with Crippen molar-refractivity contribution in [3.05, 3.63) is 24.0 Å². The maximum Gasteiger partial charge on any atom is 0.308 e. The van der Waals surface area contributed by atoms with E-state index >= 15 is 0 Å². The normalized spacial score (nSPS) is 12.1. The number of hydrogen-bond acceptors (Lipinski definition) is 5. The van der Waals surface area contributed by atoms with E-state index in [2.05, 4.69) is 10.2 Å². The third kappa shape index (κ3) is 3.10. The van der Waals surface area contributed by atoms with Crippen LogP contribution in [-0.4, -0.2) is 27.9 Å². The van der Waals surface area contributed by atoms with Gasteiger partial charge in [-0.05, 0) is 13.0 Å². The minimum atomic E-state index is -0.871. The second-order valence-electron chi connectivity index (χ2n) is 2.70. The predicted molar refractivity (Wildman–Crippen MR) is 48.2 cm³/mol. The summed E-state index contributed by atoms with van der Waals surface area (Å²) in [6.07, 6.45) is 1.96. The third-order valence-electron chi connectivity index (χ3n) is 1.66. The highest BCUT2D eigenvalue weighted by Crippen LogP contribution is 2.14. The number of ether oxygens (including phenoxy) is 1. The van der Waals surface area contributed by atoms with Gasteiger partial charge in [-0.2, -0.15) is 10.2 Å². The molecule has 14 heavy (non-hydrogen) atoms. The van der Waals surface area contributed by atoms with E-state index in [1.807, 2.05) is 0 Å². The number of nitrogens with zero attached hydrogens (tertiary/aromatic N) is 2. The van der Waals surface area contributed by atoms with Gasteiger partial charge in [-0.15, -0.1) is 0 Å². The quantitative estimate of drug-likeness (QED) is 0.708. The van der Waals surface area contributed by atoms with Gasteiger partial charge in [0, 0.05) is 11.8 Å². The van der Waals surface area contributed by atoms with E-state index in [1.54, 1.807) is 13.0 Å². The zero-order chi connectivity index (χ0) is 10.4. The van der Waals surface area contributed by atoms with E-state index < -0.39 is 12.1 Å². The molecule has 0 aromatic carbocycles. The third-order valence-corrected chi connectivity index (χ3v) is 1.66. The summed E-state index contributed by atoms with van der Waals surface area (Å²) in [6.45, 7) is 2.04. The predicted octanol–water partition coefficient (Wildman–Crippen LogP) is 0.463. The van der Waals surface area contributed by atoms with Crippen LogP contribution < -0.4 is 0 Å². The fourth-order valence-electron chi connectivity index (χ4n) is 0.994. The summed E-state index contributed by atoms with van der Waals surface area (Å²) in [4.78, 5) is 11.0. The Bertz CT molecular complexity index is 289. The van der Waals surface area contributed by atoms with Gasteiger partial charge < -0.3 is 9.84 Å². The number of aromatic nitrogens is 2. The Balaban J connectivity index is 2.50. The molecule has 5 nitrogen and oxygen atoms in total. The van der Waals surface area contributed by atoms with Gasteiger partial charge in [-0.25, -0.2) is 0 Å². The standard InChI is InChI=1S/C9H12N2O3/c1-2-14-9(13)5-8(12)7-3-4-10-11-6-7/h3-4,6,8,12H,2,5H2,1H3. The first-order chi connectivity index (χ1) is 6.74. The van der Waals surface area contributed by atoms with Gasteiger partial charge in [0.2, 0.25) is 0 Å². The van der Waals surface area contributed by atoms with E-state index in [0.29, 0.717) is 12.2 Å². The minimum absolute atomic E-state index is 0.0560. The molecule has 0 aliphatic rings. The minimum Gasteiger partial charge on any atom is -0.466 e. The Morgan fingerprint density at radius 2 is 2.43 bits per heavy atom. The smallest absolute Gasteiger partial charge is 0.308 e. The van der Waals surface area contributed by atoms with Crippen molar-refractivity contribution in [1.29, 1.82) is 0 Å². The molecule has 1 heterocycles. The van der Waals surface area contributed by atoms with Crippen molar-refractivity contribution >= 4 is 5.97 Å². The van der Waals surface area contributed by atoms with Crippen LogP contribution >= 0.6 is 0 Å². The Hall–Kier alpha value is -1.49. The van der Waals surface area contributed by atoms with Crippen LogP contribution in [0, 0.1) is 0 Å². The Morgan fingerprint density at radius 3 is 3.00 bits per heavy atom. The lowest BCUT2D eigenvalue weighted by molar-refractivity contribution is -0.145. The number of rotatable bonds is 4. The second-order valence-corrected chi connectivity index (χ2v) is 2.70. The van der Waals surface area contributed by atoms with Gasteiger partial charge in [-0.3, -0.25) is 4.79 Å². The molecule has 0 amide bonds. The number of aliphatic hydroxyl groups is 1. The number of carbonyl (C=O) groups is 1. The zero-order valence-electron chi connectivity index (χ0n) is 7.88. The van der Waals surface area contributed by atoms with Crippen molar-refractivity contribution in [2.45, 2.75) is 19.4 Å². The van der Waals surface area contributed by atoms with Crippen LogP contribution in [0.2, 0.25) is 0 Å². The number of aliphatic hydroxyl groups excluding tert-OH is 1. The van der Waals surface area contributed by atoms with E-state index in [-0.39, 0.29) is 6.42 Å².